The van der Waals surface area contributed by atoms with Crippen molar-refractivity contribution in [3.8, 4) is 0 Å². The fourth-order valence-electron chi connectivity index (χ4n) is 2.80. The van der Waals surface area contributed by atoms with Gasteiger partial charge in [0, 0.05) is 12.6 Å². The van der Waals surface area contributed by atoms with Gasteiger partial charge in [-0.3, -0.25) is 5.32 Å². The van der Waals surface area contributed by atoms with E-state index >= 15 is 0 Å². The lowest BCUT2D eigenvalue weighted by atomic mass is 9.71. The Morgan fingerprint density at radius 3 is 2.92 bits per heavy atom. The molecular weight excluding hydrogens is 164 g/mol. The Hall–Kier alpha value is -0.770. The van der Waals surface area contributed by atoms with Crippen LogP contribution in [0.5, 0.6) is 0 Å². The van der Waals surface area contributed by atoms with Crippen LogP contribution in [-0.2, 0) is 0 Å². The molecule has 70 valence electrons. The van der Waals surface area contributed by atoms with Crippen molar-refractivity contribution in [3.63, 3.8) is 0 Å². The molecular formula is C9H14N4. The zero-order valence-corrected chi connectivity index (χ0v) is 7.66. The molecule has 13 heavy (non-hydrogen) atoms. The summed E-state index contributed by atoms with van der Waals surface area (Å²) in [6.45, 7) is 0. The van der Waals surface area contributed by atoms with Crippen LogP contribution in [0.3, 0.4) is 0 Å². The van der Waals surface area contributed by atoms with Gasteiger partial charge in [-0.15, -0.1) is 10.2 Å². The number of nitrogens with zero attached hydrogens (tertiary/aromatic N) is 3. The monoisotopic (exact) mass is 178 g/mol. The normalized spacial score (nSPS) is 47.4. The molecule has 3 aliphatic heterocycles. The van der Waals surface area contributed by atoms with Gasteiger partial charge in [-0.05, 0) is 24.5 Å². The fraction of sp³-hybridized carbons (Fsp3) is 0.889. The number of nitrogens with one attached hydrogen (secondary N) is 1. The molecule has 1 saturated carbocycles. The molecule has 0 aromatic heterocycles. The van der Waals surface area contributed by atoms with Gasteiger partial charge in [-0.25, -0.2) is 0 Å². The minimum Gasteiger partial charge on any atom is -0.281 e. The maximum Gasteiger partial charge on any atom is 0.136 e. The van der Waals surface area contributed by atoms with E-state index in [0.29, 0.717) is 0 Å². The Bertz CT molecular complexity index is 249. The largest absolute Gasteiger partial charge is 0.281 e. The summed E-state index contributed by atoms with van der Waals surface area (Å²) in [5, 5.41) is 15.6. The van der Waals surface area contributed by atoms with Gasteiger partial charge >= 0.3 is 0 Å². The topological polar surface area (TPSA) is 49.1 Å². The molecule has 4 rings (SSSR count). The standard InChI is InChI=1S/C9H14N4/c1-2-4-8-6-9(11-8,5-3-1)12-13-10-7-8/h7,11H,1-6H2. The molecule has 4 aliphatic rings. The van der Waals surface area contributed by atoms with Gasteiger partial charge < -0.3 is 0 Å². The lowest BCUT2D eigenvalue weighted by molar-refractivity contribution is 0.0685. The average Bonchev–Trinajstić information content (AvgIpc) is 2.27. The highest BCUT2D eigenvalue weighted by atomic mass is 15.5. The zero-order valence-electron chi connectivity index (χ0n) is 7.66. The van der Waals surface area contributed by atoms with Gasteiger partial charge in [0.2, 0.25) is 0 Å². The lowest BCUT2D eigenvalue weighted by Gasteiger charge is -2.53. The third kappa shape index (κ3) is 1.05. The molecule has 2 fully saturated rings. The zero-order chi connectivity index (χ0) is 8.78. The van der Waals surface area contributed by atoms with Crippen LogP contribution >= 0.6 is 0 Å². The van der Waals surface area contributed by atoms with Crippen LogP contribution < -0.4 is 5.32 Å². The van der Waals surface area contributed by atoms with Crippen LogP contribution in [0.4, 0.5) is 0 Å². The second kappa shape index (κ2) is 2.38. The minimum atomic E-state index is -0.0447. The van der Waals surface area contributed by atoms with E-state index in [-0.39, 0.29) is 11.2 Å². The van der Waals surface area contributed by atoms with E-state index in [1.165, 1.54) is 25.7 Å². The first kappa shape index (κ1) is 7.62. The van der Waals surface area contributed by atoms with E-state index < -0.39 is 0 Å². The van der Waals surface area contributed by atoms with Gasteiger partial charge in [0.1, 0.15) is 5.66 Å². The molecule has 1 N–H and O–H groups in total. The van der Waals surface area contributed by atoms with Crippen LogP contribution in [0.1, 0.15) is 38.5 Å². The summed E-state index contributed by atoms with van der Waals surface area (Å²) < 4.78 is 0. The molecule has 1 saturated heterocycles. The summed E-state index contributed by atoms with van der Waals surface area (Å²) in [5.41, 5.74) is 0.0981. The minimum absolute atomic E-state index is 0.0447. The van der Waals surface area contributed by atoms with E-state index in [2.05, 4.69) is 20.8 Å². The molecule has 2 bridgehead atoms. The van der Waals surface area contributed by atoms with Gasteiger partial charge in [-0.2, -0.15) is 0 Å². The van der Waals surface area contributed by atoms with Crippen LogP contribution in [0.2, 0.25) is 0 Å². The predicted molar refractivity (Wildman–Crippen MR) is 49.6 cm³/mol. The van der Waals surface area contributed by atoms with E-state index in [1.54, 1.807) is 0 Å². The number of hydrogen-bond acceptors (Lipinski definition) is 4. The SMILES string of the molecule is C1=NN=NC23CCCCCC1(C2)N3. The average molecular weight is 178 g/mol. The lowest BCUT2D eigenvalue weighted by Crippen LogP contribution is -2.71. The Balaban J connectivity index is 1.94. The molecule has 4 nitrogen and oxygen atoms in total. The highest BCUT2D eigenvalue weighted by Gasteiger charge is 2.54. The molecule has 2 unspecified atom stereocenters. The maximum atomic E-state index is 4.25. The summed E-state index contributed by atoms with van der Waals surface area (Å²) in [7, 11) is 0. The van der Waals surface area contributed by atoms with Crippen molar-refractivity contribution >= 4 is 6.21 Å². The second-order valence-corrected chi connectivity index (χ2v) is 4.48. The van der Waals surface area contributed by atoms with Crippen LogP contribution in [0.25, 0.3) is 0 Å². The third-order valence-corrected chi connectivity index (χ3v) is 3.40. The smallest absolute Gasteiger partial charge is 0.136 e. The van der Waals surface area contributed by atoms with Crippen molar-refractivity contribution in [1.82, 2.24) is 5.32 Å². The first-order valence-electron chi connectivity index (χ1n) is 5.08. The summed E-state index contributed by atoms with van der Waals surface area (Å²) >= 11 is 0. The van der Waals surface area contributed by atoms with Crippen molar-refractivity contribution in [3.05, 3.63) is 0 Å². The van der Waals surface area contributed by atoms with E-state index in [0.717, 1.165) is 12.8 Å². The van der Waals surface area contributed by atoms with Crippen LogP contribution in [-0.4, -0.2) is 17.4 Å². The Morgan fingerprint density at radius 1 is 1.15 bits per heavy atom. The van der Waals surface area contributed by atoms with Gasteiger partial charge in [-0.1, -0.05) is 12.8 Å². The highest BCUT2D eigenvalue weighted by Crippen LogP contribution is 2.44. The van der Waals surface area contributed by atoms with E-state index in [9.17, 15) is 0 Å². The van der Waals surface area contributed by atoms with Crippen molar-refractivity contribution in [2.45, 2.75) is 49.7 Å². The Labute approximate surface area is 77.5 Å². The molecule has 0 radical (unpaired) electrons. The number of hydrogen-bond donors (Lipinski definition) is 1. The first-order valence-corrected chi connectivity index (χ1v) is 5.08. The second-order valence-electron chi connectivity index (χ2n) is 4.48. The Morgan fingerprint density at radius 2 is 2.00 bits per heavy atom. The Kier molecular flexibility index (Phi) is 1.39. The van der Waals surface area contributed by atoms with Gasteiger partial charge in [0.25, 0.3) is 0 Å². The van der Waals surface area contributed by atoms with Crippen molar-refractivity contribution < 1.29 is 0 Å². The van der Waals surface area contributed by atoms with Crippen molar-refractivity contribution in [1.29, 1.82) is 0 Å². The highest BCUT2D eigenvalue weighted by molar-refractivity contribution is 5.73. The molecule has 0 aromatic rings. The molecule has 3 heterocycles. The number of fused-ring (bicyclic) bond motifs is 1. The molecule has 0 aromatic carbocycles. The van der Waals surface area contributed by atoms with Crippen LogP contribution in [0, 0.1) is 0 Å². The fourth-order valence-corrected chi connectivity index (χ4v) is 2.80. The molecule has 0 amide bonds. The summed E-state index contributed by atoms with van der Waals surface area (Å²) in [4.78, 5) is 0. The predicted octanol–water partition coefficient (Wildman–Crippen LogP) is 1.83. The number of rotatable bonds is 0. The van der Waals surface area contributed by atoms with Crippen molar-refractivity contribution in [2.24, 2.45) is 15.4 Å². The molecule has 2 atom stereocenters. The molecule has 0 spiro atoms. The molecule has 4 heteroatoms. The van der Waals surface area contributed by atoms with Gasteiger partial charge in [0.05, 0.1) is 5.54 Å². The van der Waals surface area contributed by atoms with Crippen molar-refractivity contribution in [2.75, 3.05) is 0 Å². The van der Waals surface area contributed by atoms with E-state index in [4.69, 9.17) is 0 Å². The quantitative estimate of drug-likeness (QED) is 0.604. The molecule has 1 aliphatic carbocycles. The van der Waals surface area contributed by atoms with Crippen LogP contribution in [0.15, 0.2) is 15.4 Å². The van der Waals surface area contributed by atoms with E-state index in [1.807, 2.05) is 6.21 Å². The summed E-state index contributed by atoms with van der Waals surface area (Å²) in [6.07, 6.45) is 9.27. The van der Waals surface area contributed by atoms with Gasteiger partial charge in [0.15, 0.2) is 0 Å². The first-order chi connectivity index (χ1) is 6.33. The maximum absolute atomic E-state index is 4.25. The third-order valence-electron chi connectivity index (χ3n) is 3.40. The summed E-state index contributed by atoms with van der Waals surface area (Å²) in [6, 6.07) is 0. The summed E-state index contributed by atoms with van der Waals surface area (Å²) in [5.74, 6) is 0.